The van der Waals surface area contributed by atoms with E-state index in [0.29, 0.717) is 23.3 Å². The zero-order valence-electron chi connectivity index (χ0n) is 15.3. The average Bonchev–Trinajstić information content (AvgIpc) is 3.31. The Morgan fingerprint density at radius 2 is 2.22 bits per heavy atom. The Hall–Kier alpha value is -2.74. The van der Waals surface area contributed by atoms with Gasteiger partial charge in [0.15, 0.2) is 0 Å². The molecular formula is C19H24FN7. The van der Waals surface area contributed by atoms with Crippen LogP contribution in [0.15, 0.2) is 24.4 Å². The smallest absolute Gasteiger partial charge is 0.224 e. The van der Waals surface area contributed by atoms with Gasteiger partial charge < -0.3 is 20.9 Å². The van der Waals surface area contributed by atoms with Crippen LogP contribution in [0, 0.1) is 5.82 Å². The monoisotopic (exact) mass is 369 g/mol. The number of H-pyrrole nitrogens is 1. The van der Waals surface area contributed by atoms with Gasteiger partial charge in [-0.25, -0.2) is 14.4 Å². The molecule has 1 aliphatic heterocycles. The number of imidazole rings is 1. The predicted octanol–water partition coefficient (Wildman–Crippen LogP) is 3.14. The van der Waals surface area contributed by atoms with Crippen LogP contribution in [0.25, 0.3) is 22.4 Å². The van der Waals surface area contributed by atoms with Gasteiger partial charge in [0.1, 0.15) is 17.5 Å². The summed E-state index contributed by atoms with van der Waals surface area (Å²) >= 11 is 0. The molecule has 3 aromatic rings. The number of aromatic amines is 1. The number of rotatable bonds is 7. The highest BCUT2D eigenvalue weighted by Crippen LogP contribution is 2.28. The fraction of sp³-hybridized carbons (Fsp3) is 0.421. The molecule has 0 saturated carbocycles. The van der Waals surface area contributed by atoms with Crippen molar-refractivity contribution < 1.29 is 4.39 Å². The van der Waals surface area contributed by atoms with Gasteiger partial charge in [-0.3, -0.25) is 0 Å². The summed E-state index contributed by atoms with van der Waals surface area (Å²) < 4.78 is 13.5. The Balaban J connectivity index is 1.67. The van der Waals surface area contributed by atoms with Crippen molar-refractivity contribution in [3.05, 3.63) is 30.2 Å². The van der Waals surface area contributed by atoms with Gasteiger partial charge in [-0.05, 0) is 31.5 Å². The zero-order chi connectivity index (χ0) is 18.6. The Morgan fingerprint density at radius 3 is 3.04 bits per heavy atom. The van der Waals surface area contributed by atoms with E-state index in [1.165, 1.54) is 12.1 Å². The lowest BCUT2D eigenvalue weighted by Gasteiger charge is -2.16. The first-order valence-electron chi connectivity index (χ1n) is 9.46. The summed E-state index contributed by atoms with van der Waals surface area (Å²) in [5.41, 5.74) is 2.15. The largest absolute Gasteiger partial charge is 0.365 e. The quantitative estimate of drug-likeness (QED) is 0.478. The number of aromatic nitrogens is 4. The summed E-state index contributed by atoms with van der Waals surface area (Å²) in [5.74, 6) is 1.66. The minimum absolute atomic E-state index is 0.303. The van der Waals surface area contributed by atoms with Gasteiger partial charge in [-0.2, -0.15) is 4.98 Å². The second-order valence-corrected chi connectivity index (χ2v) is 6.82. The third-order valence-corrected chi connectivity index (χ3v) is 4.70. The molecule has 142 valence electrons. The van der Waals surface area contributed by atoms with Gasteiger partial charge in [0, 0.05) is 31.4 Å². The van der Waals surface area contributed by atoms with Gasteiger partial charge in [0.05, 0.1) is 16.6 Å². The number of hydrogen-bond acceptors (Lipinski definition) is 6. The molecule has 0 aliphatic carbocycles. The highest BCUT2D eigenvalue weighted by atomic mass is 19.1. The molecule has 0 spiro atoms. The van der Waals surface area contributed by atoms with Crippen molar-refractivity contribution in [1.29, 1.82) is 0 Å². The van der Waals surface area contributed by atoms with Gasteiger partial charge in [0.2, 0.25) is 5.95 Å². The van der Waals surface area contributed by atoms with Crippen molar-refractivity contribution in [2.75, 3.05) is 30.3 Å². The van der Waals surface area contributed by atoms with Crippen LogP contribution in [0.5, 0.6) is 0 Å². The molecular weight excluding hydrogens is 345 g/mol. The second kappa shape index (κ2) is 7.87. The molecule has 4 N–H and O–H groups in total. The maximum Gasteiger partial charge on any atom is 0.224 e. The normalized spacial score (nSPS) is 16.7. The van der Waals surface area contributed by atoms with Crippen LogP contribution in [0.4, 0.5) is 16.2 Å². The summed E-state index contributed by atoms with van der Waals surface area (Å²) in [4.78, 5) is 16.9. The van der Waals surface area contributed by atoms with E-state index in [9.17, 15) is 4.39 Å². The summed E-state index contributed by atoms with van der Waals surface area (Å²) in [7, 11) is 0. The third kappa shape index (κ3) is 4.00. The number of halogens is 1. The van der Waals surface area contributed by atoms with Crippen LogP contribution in [0.3, 0.4) is 0 Å². The molecule has 0 radical (unpaired) electrons. The van der Waals surface area contributed by atoms with E-state index < -0.39 is 0 Å². The molecule has 0 amide bonds. The number of fused-ring (bicyclic) bond motifs is 1. The van der Waals surface area contributed by atoms with E-state index in [-0.39, 0.29) is 5.82 Å². The molecule has 7 nitrogen and oxygen atoms in total. The van der Waals surface area contributed by atoms with E-state index >= 15 is 0 Å². The average molecular weight is 369 g/mol. The van der Waals surface area contributed by atoms with Gasteiger partial charge in [-0.15, -0.1) is 0 Å². The summed E-state index contributed by atoms with van der Waals surface area (Å²) in [6, 6.07) is 4.84. The minimum Gasteiger partial charge on any atom is -0.365 e. The first-order chi connectivity index (χ1) is 13.2. The Bertz CT molecular complexity index is 918. The number of nitrogens with one attached hydrogen (secondary N) is 4. The molecule has 0 unspecified atom stereocenters. The van der Waals surface area contributed by atoms with E-state index in [1.807, 2.05) is 0 Å². The molecule has 1 aromatic carbocycles. The number of hydrogen-bond donors (Lipinski definition) is 4. The van der Waals surface area contributed by atoms with Crippen LogP contribution in [0.1, 0.15) is 26.2 Å². The molecule has 0 bridgehead atoms. The first kappa shape index (κ1) is 17.7. The lowest BCUT2D eigenvalue weighted by molar-refractivity contribution is 0.629. The lowest BCUT2D eigenvalue weighted by atomic mass is 10.2. The maximum absolute atomic E-state index is 13.5. The van der Waals surface area contributed by atoms with E-state index in [0.717, 1.165) is 55.8 Å². The van der Waals surface area contributed by atoms with Crippen molar-refractivity contribution in [3.63, 3.8) is 0 Å². The third-order valence-electron chi connectivity index (χ3n) is 4.70. The summed E-state index contributed by atoms with van der Waals surface area (Å²) in [6.45, 7) is 4.87. The summed E-state index contributed by atoms with van der Waals surface area (Å²) in [5, 5.41) is 10.1. The lowest BCUT2D eigenvalue weighted by Crippen LogP contribution is -2.23. The van der Waals surface area contributed by atoms with Crippen LogP contribution in [0.2, 0.25) is 0 Å². The highest BCUT2D eigenvalue weighted by molar-refractivity contribution is 5.82. The number of nitrogens with zero attached hydrogens (tertiary/aromatic N) is 3. The highest BCUT2D eigenvalue weighted by Gasteiger charge is 2.19. The van der Waals surface area contributed by atoms with E-state index in [1.54, 1.807) is 12.3 Å². The molecule has 1 atom stereocenters. The maximum atomic E-state index is 13.5. The van der Waals surface area contributed by atoms with Crippen LogP contribution in [-0.2, 0) is 0 Å². The van der Waals surface area contributed by atoms with Crippen molar-refractivity contribution >= 4 is 22.8 Å². The van der Waals surface area contributed by atoms with Gasteiger partial charge in [0.25, 0.3) is 0 Å². The van der Waals surface area contributed by atoms with E-state index in [4.69, 9.17) is 0 Å². The Kier molecular flexibility index (Phi) is 5.15. The minimum atomic E-state index is -0.303. The number of benzene rings is 1. The zero-order valence-corrected chi connectivity index (χ0v) is 15.3. The number of unbranched alkanes of at least 4 members (excludes halogenated alkanes) is 1. The van der Waals surface area contributed by atoms with Gasteiger partial charge in [-0.1, -0.05) is 13.3 Å². The molecule has 1 fully saturated rings. The second-order valence-electron chi connectivity index (χ2n) is 6.82. The van der Waals surface area contributed by atoms with Crippen molar-refractivity contribution in [1.82, 2.24) is 25.3 Å². The molecule has 4 rings (SSSR count). The van der Waals surface area contributed by atoms with Crippen molar-refractivity contribution in [3.8, 4) is 11.4 Å². The number of anilines is 2. The Labute approximate surface area is 157 Å². The van der Waals surface area contributed by atoms with E-state index in [2.05, 4.69) is 42.8 Å². The molecule has 27 heavy (non-hydrogen) atoms. The van der Waals surface area contributed by atoms with Crippen molar-refractivity contribution in [2.45, 2.75) is 32.2 Å². The fourth-order valence-corrected chi connectivity index (χ4v) is 3.21. The van der Waals surface area contributed by atoms with Crippen LogP contribution in [-0.4, -0.2) is 45.6 Å². The Morgan fingerprint density at radius 1 is 1.30 bits per heavy atom. The van der Waals surface area contributed by atoms with Crippen LogP contribution < -0.4 is 16.0 Å². The van der Waals surface area contributed by atoms with Crippen molar-refractivity contribution in [2.24, 2.45) is 0 Å². The standard InChI is InChI=1S/C19H24FN7/c1-2-3-7-22-19-23-11-14(17(27-19)24-13-6-8-21-10-13)18-25-15-5-4-12(20)9-16(15)26-18/h4-5,9,11,13,21H,2-3,6-8,10H2,1H3,(H,25,26)(H2,22,23,24,27)/t13-/m0/s1. The molecule has 8 heteroatoms. The fourth-order valence-electron chi connectivity index (χ4n) is 3.21. The van der Waals surface area contributed by atoms with Gasteiger partial charge >= 0.3 is 0 Å². The molecule has 1 saturated heterocycles. The molecule has 2 aromatic heterocycles. The van der Waals surface area contributed by atoms with Crippen LogP contribution >= 0.6 is 0 Å². The molecule has 3 heterocycles. The molecule has 1 aliphatic rings. The predicted molar refractivity (Wildman–Crippen MR) is 105 cm³/mol. The SMILES string of the molecule is CCCCNc1ncc(-c2nc3cc(F)ccc3[nH]2)c(N[C@H]2CCNC2)n1. The first-order valence-corrected chi connectivity index (χ1v) is 9.46. The summed E-state index contributed by atoms with van der Waals surface area (Å²) in [6.07, 6.45) is 4.97. The topological polar surface area (TPSA) is 90.5 Å².